The average molecular weight is 416 g/mol. The van der Waals surface area contributed by atoms with Crippen molar-refractivity contribution < 1.29 is 10.2 Å². The molecule has 150 valence electrons. The first kappa shape index (κ1) is 19.7. The SMILES string of the molecule is CCN=c1scc(-c2ccc(-c3ccccc3)cc2)n1N=Cc1ccc(O)cc1O. The van der Waals surface area contributed by atoms with Crippen molar-refractivity contribution in [1.29, 1.82) is 0 Å². The zero-order valence-corrected chi connectivity index (χ0v) is 17.3. The summed E-state index contributed by atoms with van der Waals surface area (Å²) in [5.41, 5.74) is 4.78. The fourth-order valence-electron chi connectivity index (χ4n) is 3.08. The van der Waals surface area contributed by atoms with Crippen molar-refractivity contribution >= 4 is 17.6 Å². The number of aromatic hydroxyl groups is 2. The maximum Gasteiger partial charge on any atom is 0.206 e. The fourth-order valence-corrected chi connectivity index (χ4v) is 3.98. The second-order valence-electron chi connectivity index (χ2n) is 6.62. The summed E-state index contributed by atoms with van der Waals surface area (Å²) >= 11 is 1.52. The second-order valence-corrected chi connectivity index (χ2v) is 7.46. The molecule has 2 N–H and O–H groups in total. The number of rotatable bonds is 5. The van der Waals surface area contributed by atoms with Gasteiger partial charge in [0, 0.05) is 29.1 Å². The van der Waals surface area contributed by atoms with Crippen molar-refractivity contribution in [1.82, 2.24) is 4.68 Å². The maximum absolute atomic E-state index is 10.0. The third kappa shape index (κ3) is 4.18. The summed E-state index contributed by atoms with van der Waals surface area (Å²) in [6, 6.07) is 23.0. The van der Waals surface area contributed by atoms with E-state index in [1.807, 2.05) is 30.5 Å². The number of phenolic OH excluding ortho intramolecular Hbond substituents is 2. The number of hydrogen-bond donors (Lipinski definition) is 2. The van der Waals surface area contributed by atoms with Crippen LogP contribution in [0, 0.1) is 0 Å². The molecule has 0 atom stereocenters. The smallest absolute Gasteiger partial charge is 0.206 e. The van der Waals surface area contributed by atoms with Gasteiger partial charge in [-0.3, -0.25) is 4.99 Å². The number of thiazole rings is 1. The van der Waals surface area contributed by atoms with Crippen LogP contribution < -0.4 is 4.80 Å². The van der Waals surface area contributed by atoms with E-state index in [9.17, 15) is 10.2 Å². The molecular weight excluding hydrogens is 394 g/mol. The highest BCUT2D eigenvalue weighted by Gasteiger charge is 2.08. The van der Waals surface area contributed by atoms with Gasteiger partial charge >= 0.3 is 0 Å². The number of phenols is 2. The third-order valence-electron chi connectivity index (χ3n) is 4.59. The van der Waals surface area contributed by atoms with Gasteiger partial charge in [-0.05, 0) is 30.2 Å². The molecule has 0 fully saturated rings. The average Bonchev–Trinajstić information content (AvgIpc) is 3.17. The summed E-state index contributed by atoms with van der Waals surface area (Å²) in [5, 5.41) is 26.1. The van der Waals surface area contributed by atoms with Crippen molar-refractivity contribution in [2.24, 2.45) is 10.1 Å². The van der Waals surface area contributed by atoms with E-state index < -0.39 is 0 Å². The van der Waals surface area contributed by atoms with Crippen LogP contribution in [0.3, 0.4) is 0 Å². The Morgan fingerprint density at radius 1 is 0.900 bits per heavy atom. The highest BCUT2D eigenvalue weighted by molar-refractivity contribution is 7.07. The first-order valence-electron chi connectivity index (χ1n) is 9.59. The standard InChI is InChI=1S/C24H21N3O2S/c1-2-25-24-27(26-15-20-12-13-21(28)14-23(20)29)22(16-30-24)19-10-8-18(9-11-19)17-6-4-3-5-7-17/h3-16,28-29H,2H2,1H3. The first-order chi connectivity index (χ1) is 14.7. The number of hydrogen-bond acceptors (Lipinski definition) is 5. The lowest BCUT2D eigenvalue weighted by molar-refractivity contribution is 0.450. The lowest BCUT2D eigenvalue weighted by atomic mass is 10.0. The van der Waals surface area contributed by atoms with E-state index in [1.165, 1.54) is 29.0 Å². The summed E-state index contributed by atoms with van der Waals surface area (Å²) in [6.07, 6.45) is 1.57. The lowest BCUT2D eigenvalue weighted by Crippen LogP contribution is -2.12. The van der Waals surface area contributed by atoms with Crippen molar-refractivity contribution in [3.05, 3.63) is 88.5 Å². The summed E-state index contributed by atoms with van der Waals surface area (Å²) in [5.74, 6) is -0.0222. The molecule has 6 heteroatoms. The van der Waals surface area contributed by atoms with Gasteiger partial charge in [-0.25, -0.2) is 4.68 Å². The highest BCUT2D eigenvalue weighted by Crippen LogP contribution is 2.26. The minimum Gasteiger partial charge on any atom is -0.508 e. The number of nitrogens with zero attached hydrogens (tertiary/aromatic N) is 3. The van der Waals surface area contributed by atoms with Gasteiger partial charge in [-0.15, -0.1) is 11.3 Å². The van der Waals surface area contributed by atoms with Gasteiger partial charge in [-0.2, -0.15) is 5.10 Å². The Labute approximate surface area is 178 Å². The molecule has 3 aromatic carbocycles. The molecule has 4 rings (SSSR count). The topological polar surface area (TPSA) is 70.1 Å². The van der Waals surface area contributed by atoms with Gasteiger partial charge in [0.2, 0.25) is 4.80 Å². The molecule has 0 amide bonds. The largest absolute Gasteiger partial charge is 0.508 e. The van der Waals surface area contributed by atoms with Gasteiger partial charge < -0.3 is 10.2 Å². The van der Waals surface area contributed by atoms with Crippen LogP contribution in [0.4, 0.5) is 0 Å². The number of aromatic nitrogens is 1. The number of benzene rings is 3. The predicted octanol–water partition coefficient (Wildman–Crippen LogP) is 5.10. The molecule has 0 bridgehead atoms. The van der Waals surface area contributed by atoms with Crippen LogP contribution in [0.1, 0.15) is 12.5 Å². The Hall–Kier alpha value is -3.64. The molecule has 30 heavy (non-hydrogen) atoms. The molecule has 0 aliphatic carbocycles. The van der Waals surface area contributed by atoms with Crippen LogP contribution in [0.2, 0.25) is 0 Å². The van der Waals surface area contributed by atoms with Crippen molar-refractivity contribution in [2.75, 3.05) is 6.54 Å². The summed E-state index contributed by atoms with van der Waals surface area (Å²) in [7, 11) is 0. The predicted molar refractivity (Wildman–Crippen MR) is 122 cm³/mol. The highest BCUT2D eigenvalue weighted by atomic mass is 32.1. The normalized spacial score (nSPS) is 12.0. The Morgan fingerprint density at radius 2 is 1.60 bits per heavy atom. The van der Waals surface area contributed by atoms with E-state index in [1.54, 1.807) is 17.0 Å². The van der Waals surface area contributed by atoms with Crippen LogP contribution >= 0.6 is 11.3 Å². The maximum atomic E-state index is 10.0. The minimum absolute atomic E-state index is 0.00806. The second kappa shape index (κ2) is 8.80. The van der Waals surface area contributed by atoms with Crippen LogP contribution in [-0.4, -0.2) is 27.6 Å². The minimum atomic E-state index is -0.0303. The molecule has 0 spiro atoms. The monoisotopic (exact) mass is 415 g/mol. The van der Waals surface area contributed by atoms with Gasteiger partial charge in [0.25, 0.3) is 0 Å². The molecule has 0 unspecified atom stereocenters. The molecular formula is C24H21N3O2S. The van der Waals surface area contributed by atoms with Crippen LogP contribution in [0.25, 0.3) is 22.4 Å². The molecule has 0 saturated heterocycles. The third-order valence-corrected chi connectivity index (χ3v) is 5.45. The van der Waals surface area contributed by atoms with Crippen molar-refractivity contribution in [3.63, 3.8) is 0 Å². The Kier molecular flexibility index (Phi) is 5.77. The molecule has 0 aliphatic heterocycles. The van der Waals surface area contributed by atoms with Gasteiger partial charge in [0.05, 0.1) is 11.9 Å². The molecule has 1 aromatic heterocycles. The molecule has 5 nitrogen and oxygen atoms in total. The van der Waals surface area contributed by atoms with Gasteiger partial charge in [0.1, 0.15) is 11.5 Å². The van der Waals surface area contributed by atoms with E-state index in [2.05, 4.69) is 46.5 Å². The van der Waals surface area contributed by atoms with Crippen molar-refractivity contribution in [2.45, 2.75) is 6.92 Å². The lowest BCUT2D eigenvalue weighted by Gasteiger charge is -2.06. The van der Waals surface area contributed by atoms with Crippen LogP contribution in [0.15, 0.2) is 88.3 Å². The van der Waals surface area contributed by atoms with E-state index in [4.69, 9.17) is 0 Å². The van der Waals surface area contributed by atoms with E-state index >= 15 is 0 Å². The van der Waals surface area contributed by atoms with Crippen molar-refractivity contribution in [3.8, 4) is 33.9 Å². The summed E-state index contributed by atoms with van der Waals surface area (Å²) in [4.78, 5) is 5.30. The first-order valence-corrected chi connectivity index (χ1v) is 10.5. The Bertz CT molecular complexity index is 1240. The molecule has 1 heterocycles. The van der Waals surface area contributed by atoms with Gasteiger partial charge in [0.15, 0.2) is 0 Å². The van der Waals surface area contributed by atoms with Crippen LogP contribution in [-0.2, 0) is 0 Å². The summed E-state index contributed by atoms with van der Waals surface area (Å²) < 4.78 is 1.78. The van der Waals surface area contributed by atoms with E-state index in [0.717, 1.165) is 21.6 Å². The molecule has 0 saturated carbocycles. The van der Waals surface area contributed by atoms with E-state index in [-0.39, 0.29) is 11.5 Å². The molecule has 4 aromatic rings. The quantitative estimate of drug-likeness (QED) is 0.445. The van der Waals surface area contributed by atoms with E-state index in [0.29, 0.717) is 12.1 Å². The molecule has 0 radical (unpaired) electrons. The Morgan fingerprint density at radius 3 is 2.30 bits per heavy atom. The summed E-state index contributed by atoms with van der Waals surface area (Å²) in [6.45, 7) is 2.63. The fraction of sp³-hybridized carbons (Fsp3) is 0.0833. The molecule has 0 aliphatic rings. The van der Waals surface area contributed by atoms with Gasteiger partial charge in [-0.1, -0.05) is 54.6 Å². The Balaban J connectivity index is 1.72. The van der Waals surface area contributed by atoms with Crippen LogP contribution in [0.5, 0.6) is 11.5 Å². The zero-order chi connectivity index (χ0) is 20.9. The zero-order valence-electron chi connectivity index (χ0n) is 16.4.